The molecule has 42 heavy (non-hydrogen) atoms. The van der Waals surface area contributed by atoms with Crippen molar-refractivity contribution in [3.05, 3.63) is 93.1 Å². The third-order valence-corrected chi connectivity index (χ3v) is 8.42. The summed E-state index contributed by atoms with van der Waals surface area (Å²) in [5.74, 6) is -1.23. The van der Waals surface area contributed by atoms with Crippen LogP contribution < -0.4 is 15.2 Å². The number of β-amino-alcohol motifs (C(OH)–C–C–N with tert-alkyl or cyclic N) is 1. The average molecular weight is 592 g/mol. The molecule has 2 saturated heterocycles. The highest BCUT2D eigenvalue weighted by Gasteiger charge is 2.27. The van der Waals surface area contributed by atoms with Crippen LogP contribution in [0, 0.1) is 5.82 Å². The zero-order valence-corrected chi connectivity index (χ0v) is 23.7. The number of carbonyl (C=O) groups is 1. The number of aromatic carboxylic acids is 1. The summed E-state index contributed by atoms with van der Waals surface area (Å²) in [6.07, 6.45) is 4.42. The number of hydrogen-bond donors (Lipinski definition) is 2. The van der Waals surface area contributed by atoms with Gasteiger partial charge in [0.25, 0.3) is 0 Å². The van der Waals surface area contributed by atoms with Crippen molar-refractivity contribution in [2.45, 2.75) is 25.5 Å². The molecular formula is C31H31ClFN5O4. The predicted octanol–water partition coefficient (Wildman–Crippen LogP) is 4.16. The van der Waals surface area contributed by atoms with Gasteiger partial charge in [0.2, 0.25) is 5.43 Å². The number of fused-ring (bicyclic) bond motifs is 1. The molecule has 2 aliphatic rings. The highest BCUT2D eigenvalue weighted by Crippen LogP contribution is 2.37. The molecule has 9 nitrogen and oxygen atoms in total. The number of anilines is 2. The first-order chi connectivity index (χ1) is 20.3. The van der Waals surface area contributed by atoms with Crippen LogP contribution in [0.15, 0.2) is 65.7 Å². The number of likely N-dealkylation sites (tertiary alicyclic amines) is 1. The molecule has 0 radical (unpaired) electrons. The van der Waals surface area contributed by atoms with Gasteiger partial charge in [-0.05, 0) is 55.3 Å². The molecular weight excluding hydrogens is 561 g/mol. The lowest BCUT2D eigenvalue weighted by Crippen LogP contribution is -2.47. The lowest BCUT2D eigenvalue weighted by atomic mass is 10.1. The van der Waals surface area contributed by atoms with Gasteiger partial charge in [-0.3, -0.25) is 9.69 Å². The van der Waals surface area contributed by atoms with Gasteiger partial charge in [0.1, 0.15) is 17.2 Å². The number of hydrogen-bond acceptors (Lipinski definition) is 7. The molecule has 1 unspecified atom stereocenters. The maximum absolute atomic E-state index is 15.7. The standard InChI is InChI=1S/C31H31ClFN5O4/c32-27-28-23(16-25(33)29(27)37-14-12-36(13-15-37)26-5-1-2-10-34-26)30(40)24(31(41)42)19-38(28)21-8-6-20(7-9-21)17-35-11-3-4-22(39)18-35/h1-2,5-10,16,19,22,39H,3-4,11-15,17-18H2,(H,41,42). The molecule has 218 valence electrons. The van der Waals surface area contributed by atoms with Gasteiger partial charge in [0.05, 0.1) is 27.7 Å². The van der Waals surface area contributed by atoms with Crippen molar-refractivity contribution >= 4 is 40.0 Å². The van der Waals surface area contributed by atoms with E-state index in [4.69, 9.17) is 11.6 Å². The molecule has 2 fully saturated rings. The number of nitrogens with zero attached hydrogens (tertiary/aromatic N) is 5. The van der Waals surface area contributed by atoms with E-state index in [1.165, 1.54) is 6.20 Å². The smallest absolute Gasteiger partial charge is 0.341 e. The maximum Gasteiger partial charge on any atom is 0.341 e. The second kappa shape index (κ2) is 11.7. The van der Waals surface area contributed by atoms with Crippen molar-refractivity contribution in [2.24, 2.45) is 0 Å². The summed E-state index contributed by atoms with van der Waals surface area (Å²) < 4.78 is 17.2. The average Bonchev–Trinajstić information content (AvgIpc) is 2.99. The minimum atomic E-state index is -1.40. The normalized spacial score (nSPS) is 18.0. The lowest BCUT2D eigenvalue weighted by Gasteiger charge is -2.37. The van der Waals surface area contributed by atoms with E-state index in [2.05, 4.69) is 14.8 Å². The summed E-state index contributed by atoms with van der Waals surface area (Å²) in [4.78, 5) is 35.7. The Kier molecular flexibility index (Phi) is 7.85. The van der Waals surface area contributed by atoms with E-state index in [0.29, 0.717) is 45.0 Å². The van der Waals surface area contributed by atoms with Crippen molar-refractivity contribution in [1.82, 2.24) is 14.5 Å². The van der Waals surface area contributed by atoms with Crippen LogP contribution in [0.5, 0.6) is 0 Å². The quantitative estimate of drug-likeness (QED) is 0.345. The number of aliphatic hydroxyl groups is 1. The number of benzene rings is 2. The number of halogens is 2. The third-order valence-electron chi connectivity index (χ3n) is 8.06. The van der Waals surface area contributed by atoms with Gasteiger partial charge < -0.3 is 24.6 Å². The lowest BCUT2D eigenvalue weighted by molar-refractivity contribution is 0.0667. The van der Waals surface area contributed by atoms with Crippen molar-refractivity contribution in [3.63, 3.8) is 0 Å². The van der Waals surface area contributed by atoms with Crippen LogP contribution in [-0.4, -0.2) is 76.0 Å². The van der Waals surface area contributed by atoms with Gasteiger partial charge in [0.15, 0.2) is 0 Å². The number of aliphatic hydroxyl groups excluding tert-OH is 1. The molecule has 0 amide bonds. The van der Waals surface area contributed by atoms with Crippen LogP contribution in [0.4, 0.5) is 15.9 Å². The van der Waals surface area contributed by atoms with E-state index in [1.807, 2.05) is 47.4 Å². The zero-order valence-electron chi connectivity index (χ0n) is 22.9. The number of aromatic nitrogens is 2. The second-order valence-electron chi connectivity index (χ2n) is 10.8. The Hall–Kier alpha value is -3.99. The summed E-state index contributed by atoms with van der Waals surface area (Å²) in [5, 5.41) is 19.7. The van der Waals surface area contributed by atoms with Crippen LogP contribution >= 0.6 is 11.6 Å². The maximum atomic E-state index is 15.7. The van der Waals surface area contributed by atoms with Crippen molar-refractivity contribution in [3.8, 4) is 5.69 Å². The summed E-state index contributed by atoms with van der Waals surface area (Å²) in [7, 11) is 0. The van der Waals surface area contributed by atoms with E-state index >= 15 is 4.39 Å². The highest BCUT2D eigenvalue weighted by molar-refractivity contribution is 6.38. The van der Waals surface area contributed by atoms with E-state index in [9.17, 15) is 19.8 Å². The van der Waals surface area contributed by atoms with Gasteiger partial charge >= 0.3 is 5.97 Å². The summed E-state index contributed by atoms with van der Waals surface area (Å²) in [5.41, 5.74) is 0.788. The Bertz CT molecular complexity index is 1670. The Morgan fingerprint density at radius 1 is 1.05 bits per heavy atom. The second-order valence-corrected chi connectivity index (χ2v) is 11.2. The fourth-order valence-corrected chi connectivity index (χ4v) is 6.35. The SMILES string of the molecule is O=C(O)c1cn(-c2ccc(CN3CCCC(O)C3)cc2)c2c(Cl)c(N3CCN(c4ccccn4)CC3)c(F)cc2c1=O. The van der Waals surface area contributed by atoms with E-state index in [1.54, 1.807) is 10.8 Å². The van der Waals surface area contributed by atoms with Crippen LogP contribution in [0.25, 0.3) is 16.6 Å². The zero-order chi connectivity index (χ0) is 29.4. The summed E-state index contributed by atoms with van der Waals surface area (Å²) >= 11 is 6.92. The van der Waals surface area contributed by atoms with Crippen LogP contribution in [0.1, 0.15) is 28.8 Å². The molecule has 0 saturated carbocycles. The van der Waals surface area contributed by atoms with Gasteiger partial charge in [-0.25, -0.2) is 14.2 Å². The molecule has 6 rings (SSSR count). The molecule has 2 aromatic carbocycles. The van der Waals surface area contributed by atoms with E-state index in [-0.39, 0.29) is 27.7 Å². The fraction of sp³-hybridized carbons (Fsp3) is 0.323. The number of rotatable bonds is 6. The molecule has 11 heteroatoms. The van der Waals surface area contributed by atoms with Gasteiger partial charge in [-0.1, -0.05) is 29.8 Å². The van der Waals surface area contributed by atoms with Crippen LogP contribution in [0.3, 0.4) is 0 Å². The number of carboxylic acid groups (broad SMARTS) is 1. The molecule has 2 N–H and O–H groups in total. The first kappa shape index (κ1) is 28.1. The number of pyridine rings is 2. The van der Waals surface area contributed by atoms with Gasteiger partial charge in [-0.2, -0.15) is 0 Å². The predicted molar refractivity (Wildman–Crippen MR) is 161 cm³/mol. The summed E-state index contributed by atoms with van der Waals surface area (Å²) in [6, 6.07) is 14.3. The Morgan fingerprint density at radius 2 is 1.79 bits per heavy atom. The number of carboxylic acids is 1. The van der Waals surface area contributed by atoms with Crippen molar-refractivity contribution in [1.29, 1.82) is 0 Å². The Labute approximate surface area is 247 Å². The first-order valence-electron chi connectivity index (χ1n) is 14.0. The molecule has 4 heterocycles. The minimum absolute atomic E-state index is 0.0525. The van der Waals surface area contributed by atoms with Crippen LogP contribution in [0.2, 0.25) is 5.02 Å². The van der Waals surface area contributed by atoms with E-state index < -0.39 is 22.8 Å². The van der Waals surface area contributed by atoms with E-state index in [0.717, 1.165) is 36.8 Å². The van der Waals surface area contributed by atoms with Crippen molar-refractivity contribution < 1.29 is 19.4 Å². The topological polar surface area (TPSA) is 102 Å². The van der Waals surface area contributed by atoms with Gasteiger partial charge in [-0.15, -0.1) is 0 Å². The largest absolute Gasteiger partial charge is 0.477 e. The number of piperidine rings is 1. The third kappa shape index (κ3) is 5.45. The molecule has 0 bridgehead atoms. The highest BCUT2D eigenvalue weighted by atomic mass is 35.5. The molecule has 1 atom stereocenters. The molecule has 4 aromatic rings. The molecule has 2 aromatic heterocycles. The minimum Gasteiger partial charge on any atom is -0.477 e. The first-order valence-corrected chi connectivity index (χ1v) is 14.4. The fourth-order valence-electron chi connectivity index (χ4n) is 5.95. The van der Waals surface area contributed by atoms with Crippen LogP contribution in [-0.2, 0) is 6.54 Å². The number of piperazine rings is 1. The monoisotopic (exact) mass is 591 g/mol. The Balaban J connectivity index is 1.37. The Morgan fingerprint density at radius 3 is 2.45 bits per heavy atom. The molecule has 0 spiro atoms. The molecule has 2 aliphatic heterocycles. The van der Waals surface area contributed by atoms with Crippen molar-refractivity contribution in [2.75, 3.05) is 49.1 Å². The summed E-state index contributed by atoms with van der Waals surface area (Å²) in [6.45, 7) is 4.37. The van der Waals surface area contributed by atoms with Gasteiger partial charge in [0, 0.05) is 57.3 Å². The molecule has 0 aliphatic carbocycles.